The summed E-state index contributed by atoms with van der Waals surface area (Å²) in [7, 11) is 1.70. The number of carbonyl (C=O) groups excluding carboxylic acids is 1. The highest BCUT2D eigenvalue weighted by atomic mass is 127. The SMILES string of the molecule is COCCCOC1(CI)CCN(C(=O)OC(C)(C)C)CC1. The van der Waals surface area contributed by atoms with Gasteiger partial charge in [0.25, 0.3) is 0 Å². The molecule has 6 heteroatoms. The van der Waals surface area contributed by atoms with Crippen LogP contribution in [0.1, 0.15) is 40.0 Å². The molecule has 1 aliphatic heterocycles. The van der Waals surface area contributed by atoms with E-state index in [4.69, 9.17) is 14.2 Å². The first kappa shape index (κ1) is 19.0. The van der Waals surface area contributed by atoms with E-state index in [1.807, 2.05) is 20.8 Å². The maximum atomic E-state index is 12.1. The lowest BCUT2D eigenvalue weighted by molar-refractivity contribution is -0.0710. The number of amides is 1. The second-order valence-corrected chi connectivity index (χ2v) is 7.24. The third-order valence-electron chi connectivity index (χ3n) is 3.47. The Morgan fingerprint density at radius 3 is 2.33 bits per heavy atom. The van der Waals surface area contributed by atoms with E-state index in [1.165, 1.54) is 0 Å². The number of alkyl halides is 1. The van der Waals surface area contributed by atoms with Crippen LogP contribution in [0.4, 0.5) is 4.79 Å². The Kier molecular flexibility index (Phi) is 7.70. The van der Waals surface area contributed by atoms with Gasteiger partial charge in [0.1, 0.15) is 5.60 Å². The molecule has 0 saturated carbocycles. The quantitative estimate of drug-likeness (QED) is 0.381. The minimum Gasteiger partial charge on any atom is -0.444 e. The zero-order valence-electron chi connectivity index (χ0n) is 13.6. The van der Waals surface area contributed by atoms with E-state index in [0.717, 1.165) is 30.3 Å². The van der Waals surface area contributed by atoms with Gasteiger partial charge in [-0.3, -0.25) is 0 Å². The second kappa shape index (κ2) is 8.53. The lowest BCUT2D eigenvalue weighted by Gasteiger charge is -2.41. The summed E-state index contributed by atoms with van der Waals surface area (Å²) in [4.78, 5) is 13.8. The molecule has 0 bridgehead atoms. The molecule has 0 N–H and O–H groups in total. The number of halogens is 1. The monoisotopic (exact) mass is 413 g/mol. The van der Waals surface area contributed by atoms with Gasteiger partial charge >= 0.3 is 6.09 Å². The molecule has 1 amide bonds. The van der Waals surface area contributed by atoms with E-state index in [1.54, 1.807) is 12.0 Å². The van der Waals surface area contributed by atoms with Crippen LogP contribution in [0.3, 0.4) is 0 Å². The Morgan fingerprint density at radius 2 is 1.86 bits per heavy atom. The number of likely N-dealkylation sites (tertiary alicyclic amines) is 1. The van der Waals surface area contributed by atoms with Crippen LogP contribution in [-0.2, 0) is 14.2 Å². The molecular formula is C15H28INO4. The number of piperidine rings is 1. The molecule has 1 fully saturated rings. The number of ether oxygens (including phenoxy) is 3. The molecule has 1 aliphatic rings. The van der Waals surface area contributed by atoms with E-state index in [2.05, 4.69) is 22.6 Å². The summed E-state index contributed by atoms with van der Waals surface area (Å²) in [6.45, 7) is 8.50. The topological polar surface area (TPSA) is 48.0 Å². The predicted molar refractivity (Wildman–Crippen MR) is 91.1 cm³/mol. The molecule has 0 spiro atoms. The van der Waals surface area contributed by atoms with Crippen LogP contribution in [-0.4, -0.2) is 60.0 Å². The fourth-order valence-electron chi connectivity index (χ4n) is 2.23. The van der Waals surface area contributed by atoms with Gasteiger partial charge in [-0.05, 0) is 40.0 Å². The molecular weight excluding hydrogens is 385 g/mol. The molecule has 1 rings (SSSR count). The summed E-state index contributed by atoms with van der Waals surface area (Å²) >= 11 is 2.38. The van der Waals surface area contributed by atoms with Gasteiger partial charge in [0.05, 0.1) is 5.60 Å². The molecule has 0 atom stereocenters. The van der Waals surface area contributed by atoms with Crippen molar-refractivity contribution in [1.82, 2.24) is 4.90 Å². The zero-order chi connectivity index (χ0) is 15.9. The van der Waals surface area contributed by atoms with Gasteiger partial charge in [0, 0.05) is 37.8 Å². The fourth-order valence-corrected chi connectivity index (χ4v) is 3.21. The van der Waals surface area contributed by atoms with Gasteiger partial charge in [-0.1, -0.05) is 22.6 Å². The van der Waals surface area contributed by atoms with E-state index in [0.29, 0.717) is 19.7 Å². The Hall–Kier alpha value is -0.0800. The van der Waals surface area contributed by atoms with E-state index >= 15 is 0 Å². The van der Waals surface area contributed by atoms with Crippen molar-refractivity contribution in [2.75, 3.05) is 37.8 Å². The Labute approximate surface area is 141 Å². The maximum Gasteiger partial charge on any atom is 0.410 e. The molecule has 0 aromatic carbocycles. The second-order valence-electron chi connectivity index (χ2n) is 6.48. The lowest BCUT2D eigenvalue weighted by atomic mass is 9.93. The van der Waals surface area contributed by atoms with Crippen LogP contribution in [0.5, 0.6) is 0 Å². The highest BCUT2D eigenvalue weighted by Crippen LogP contribution is 2.29. The van der Waals surface area contributed by atoms with E-state index < -0.39 is 5.60 Å². The van der Waals surface area contributed by atoms with E-state index in [-0.39, 0.29) is 11.7 Å². The normalized spacial score (nSPS) is 18.6. The van der Waals surface area contributed by atoms with Crippen molar-refractivity contribution in [3.63, 3.8) is 0 Å². The molecule has 0 aromatic heterocycles. The molecule has 0 aromatic rings. The number of hydrogen-bond donors (Lipinski definition) is 0. The average Bonchev–Trinajstić information content (AvgIpc) is 2.42. The number of methoxy groups -OCH3 is 1. The van der Waals surface area contributed by atoms with Crippen LogP contribution in [0.25, 0.3) is 0 Å². The lowest BCUT2D eigenvalue weighted by Crippen LogP contribution is -2.50. The summed E-state index contributed by atoms with van der Waals surface area (Å²) in [5.74, 6) is 0. The Morgan fingerprint density at radius 1 is 1.24 bits per heavy atom. The third kappa shape index (κ3) is 6.69. The molecule has 0 radical (unpaired) electrons. The van der Waals surface area contributed by atoms with Gasteiger partial charge in [-0.15, -0.1) is 0 Å². The summed E-state index contributed by atoms with van der Waals surface area (Å²) < 4.78 is 17.5. The highest BCUT2D eigenvalue weighted by molar-refractivity contribution is 14.1. The number of nitrogens with zero attached hydrogens (tertiary/aromatic N) is 1. The van der Waals surface area contributed by atoms with Crippen molar-refractivity contribution in [2.24, 2.45) is 0 Å². The first-order chi connectivity index (χ1) is 9.82. The van der Waals surface area contributed by atoms with Gasteiger partial charge in [-0.25, -0.2) is 4.79 Å². The van der Waals surface area contributed by atoms with Crippen LogP contribution >= 0.6 is 22.6 Å². The van der Waals surface area contributed by atoms with Crippen molar-refractivity contribution in [3.8, 4) is 0 Å². The van der Waals surface area contributed by atoms with Crippen LogP contribution < -0.4 is 0 Å². The van der Waals surface area contributed by atoms with Crippen molar-refractivity contribution in [1.29, 1.82) is 0 Å². The smallest absolute Gasteiger partial charge is 0.410 e. The van der Waals surface area contributed by atoms with Crippen LogP contribution in [0.15, 0.2) is 0 Å². The molecule has 0 aliphatic carbocycles. The molecule has 1 saturated heterocycles. The molecule has 0 unspecified atom stereocenters. The van der Waals surface area contributed by atoms with Crippen molar-refractivity contribution < 1.29 is 19.0 Å². The minimum absolute atomic E-state index is 0.104. The van der Waals surface area contributed by atoms with Crippen LogP contribution in [0, 0.1) is 0 Å². The Balaban J connectivity index is 2.42. The van der Waals surface area contributed by atoms with Gasteiger partial charge < -0.3 is 19.1 Å². The largest absolute Gasteiger partial charge is 0.444 e. The standard InChI is InChI=1S/C15H28INO4/c1-14(2,3)21-13(18)17-8-6-15(12-16,7-9-17)20-11-5-10-19-4/h5-12H2,1-4H3. The average molecular weight is 413 g/mol. The first-order valence-electron chi connectivity index (χ1n) is 7.49. The van der Waals surface area contributed by atoms with Crippen LogP contribution in [0.2, 0.25) is 0 Å². The molecule has 21 heavy (non-hydrogen) atoms. The molecule has 5 nitrogen and oxygen atoms in total. The van der Waals surface area contributed by atoms with Gasteiger partial charge in [-0.2, -0.15) is 0 Å². The van der Waals surface area contributed by atoms with E-state index in [9.17, 15) is 4.79 Å². The highest BCUT2D eigenvalue weighted by Gasteiger charge is 2.37. The minimum atomic E-state index is -0.439. The maximum absolute atomic E-state index is 12.1. The number of hydrogen-bond acceptors (Lipinski definition) is 4. The van der Waals surface area contributed by atoms with Gasteiger partial charge in [0.15, 0.2) is 0 Å². The van der Waals surface area contributed by atoms with Crippen molar-refractivity contribution in [2.45, 2.75) is 51.2 Å². The third-order valence-corrected chi connectivity index (χ3v) is 4.86. The Bertz CT molecular complexity index is 322. The summed E-state index contributed by atoms with van der Waals surface area (Å²) in [6, 6.07) is 0. The van der Waals surface area contributed by atoms with Crippen molar-refractivity contribution >= 4 is 28.7 Å². The summed E-state index contributed by atoms with van der Waals surface area (Å²) in [6.07, 6.45) is 2.42. The predicted octanol–water partition coefficient (Wildman–Crippen LogP) is 3.24. The summed E-state index contributed by atoms with van der Waals surface area (Å²) in [5.41, 5.74) is -0.543. The fraction of sp³-hybridized carbons (Fsp3) is 0.933. The molecule has 124 valence electrons. The molecule has 1 heterocycles. The zero-order valence-corrected chi connectivity index (χ0v) is 15.8. The number of rotatable bonds is 6. The van der Waals surface area contributed by atoms with Crippen molar-refractivity contribution in [3.05, 3.63) is 0 Å². The summed E-state index contributed by atoms with van der Waals surface area (Å²) in [5, 5.41) is 0. The number of carbonyl (C=O) groups is 1. The van der Waals surface area contributed by atoms with Gasteiger partial charge in [0.2, 0.25) is 0 Å². The first-order valence-corrected chi connectivity index (χ1v) is 9.01.